The SMILES string of the molecule is CC1CN(C(=O)OC(C)(C)C)CCC1c1nocc1C(=O)OCCl. The van der Waals surface area contributed by atoms with E-state index in [0.29, 0.717) is 30.8 Å². The van der Waals surface area contributed by atoms with Crippen molar-refractivity contribution in [2.24, 2.45) is 5.92 Å². The standard InChI is InChI=1S/C16H23ClN2O5/c1-10-7-19(15(21)24-16(2,3)4)6-5-11(10)13-12(8-23-18-13)14(20)22-9-17/h8,10-11H,5-7,9H2,1-4H3. The average molecular weight is 359 g/mol. The molecule has 0 aromatic carbocycles. The summed E-state index contributed by atoms with van der Waals surface area (Å²) >= 11 is 5.43. The molecule has 2 heterocycles. The van der Waals surface area contributed by atoms with E-state index < -0.39 is 11.6 Å². The van der Waals surface area contributed by atoms with E-state index in [1.54, 1.807) is 4.90 Å². The number of aromatic nitrogens is 1. The van der Waals surface area contributed by atoms with Gasteiger partial charge in [0.05, 0.1) is 0 Å². The highest BCUT2D eigenvalue weighted by molar-refractivity contribution is 6.17. The second-order valence-electron chi connectivity index (χ2n) is 6.95. The molecule has 1 fully saturated rings. The third-order valence-electron chi connectivity index (χ3n) is 3.91. The summed E-state index contributed by atoms with van der Waals surface area (Å²) < 4.78 is 15.2. The third-order valence-corrected chi connectivity index (χ3v) is 4.02. The van der Waals surface area contributed by atoms with Crippen LogP contribution in [0.5, 0.6) is 0 Å². The zero-order valence-electron chi connectivity index (χ0n) is 14.4. The summed E-state index contributed by atoms with van der Waals surface area (Å²) in [7, 11) is 0. The molecule has 0 aliphatic carbocycles. The Hall–Kier alpha value is -1.76. The molecule has 134 valence electrons. The summed E-state index contributed by atoms with van der Waals surface area (Å²) in [5.74, 6) is -0.456. The average Bonchev–Trinajstić information content (AvgIpc) is 2.94. The van der Waals surface area contributed by atoms with E-state index in [1.165, 1.54) is 6.26 Å². The van der Waals surface area contributed by atoms with E-state index in [-0.39, 0.29) is 24.0 Å². The van der Waals surface area contributed by atoms with Crippen LogP contribution in [0.1, 0.15) is 56.1 Å². The Morgan fingerprint density at radius 2 is 2.17 bits per heavy atom. The molecule has 0 bridgehead atoms. The van der Waals surface area contributed by atoms with Crippen molar-refractivity contribution in [3.63, 3.8) is 0 Å². The molecule has 1 saturated heterocycles. The molecule has 2 atom stereocenters. The van der Waals surface area contributed by atoms with Gasteiger partial charge in [-0.1, -0.05) is 23.7 Å². The Bertz CT molecular complexity index is 596. The molecule has 0 N–H and O–H groups in total. The summed E-state index contributed by atoms with van der Waals surface area (Å²) in [5, 5.41) is 3.97. The van der Waals surface area contributed by atoms with Crippen LogP contribution in [0, 0.1) is 5.92 Å². The van der Waals surface area contributed by atoms with Gasteiger partial charge >= 0.3 is 12.1 Å². The van der Waals surface area contributed by atoms with Crippen molar-refractivity contribution in [1.29, 1.82) is 0 Å². The number of hydrogen-bond donors (Lipinski definition) is 0. The van der Waals surface area contributed by atoms with E-state index in [4.69, 9.17) is 25.6 Å². The molecule has 1 aromatic heterocycles. The fraction of sp³-hybridized carbons (Fsp3) is 0.688. The van der Waals surface area contributed by atoms with Gasteiger partial charge in [-0.15, -0.1) is 0 Å². The van der Waals surface area contributed by atoms with Crippen molar-refractivity contribution in [3.8, 4) is 0 Å². The van der Waals surface area contributed by atoms with Gasteiger partial charge in [0.25, 0.3) is 0 Å². The van der Waals surface area contributed by atoms with Gasteiger partial charge in [-0.05, 0) is 33.1 Å². The maximum absolute atomic E-state index is 12.2. The number of carbonyl (C=O) groups excluding carboxylic acids is 2. The summed E-state index contributed by atoms with van der Waals surface area (Å²) in [6, 6.07) is -0.226. The highest BCUT2D eigenvalue weighted by atomic mass is 35.5. The van der Waals surface area contributed by atoms with Crippen LogP contribution in [-0.4, -0.2) is 46.9 Å². The Balaban J connectivity index is 2.06. The minimum Gasteiger partial charge on any atom is -0.446 e. The molecule has 7 nitrogen and oxygen atoms in total. The predicted molar refractivity (Wildman–Crippen MR) is 87.0 cm³/mol. The van der Waals surface area contributed by atoms with Crippen LogP contribution < -0.4 is 0 Å². The Morgan fingerprint density at radius 1 is 1.46 bits per heavy atom. The first-order valence-corrected chi connectivity index (χ1v) is 8.41. The van der Waals surface area contributed by atoms with Crippen LogP contribution in [0.3, 0.4) is 0 Å². The van der Waals surface area contributed by atoms with E-state index in [9.17, 15) is 9.59 Å². The normalized spacial score (nSPS) is 21.5. The summed E-state index contributed by atoms with van der Waals surface area (Å²) in [5.41, 5.74) is 0.321. The number of carbonyl (C=O) groups is 2. The number of ether oxygens (including phenoxy) is 2. The first kappa shape index (κ1) is 18.6. The lowest BCUT2D eigenvalue weighted by Crippen LogP contribution is -2.44. The van der Waals surface area contributed by atoms with Gasteiger partial charge in [0.2, 0.25) is 0 Å². The van der Waals surface area contributed by atoms with Gasteiger partial charge in [-0.25, -0.2) is 9.59 Å². The molecule has 0 radical (unpaired) electrons. The number of halogens is 1. The van der Waals surface area contributed by atoms with Gasteiger partial charge in [-0.2, -0.15) is 0 Å². The van der Waals surface area contributed by atoms with Gasteiger partial charge in [0.15, 0.2) is 6.07 Å². The fourth-order valence-electron chi connectivity index (χ4n) is 2.84. The van der Waals surface area contributed by atoms with Crippen LogP contribution in [0.25, 0.3) is 0 Å². The first-order chi connectivity index (χ1) is 11.2. The first-order valence-electron chi connectivity index (χ1n) is 7.88. The molecule has 0 spiro atoms. The second kappa shape index (κ2) is 7.42. The molecule has 2 rings (SSSR count). The highest BCUT2D eigenvalue weighted by Crippen LogP contribution is 2.34. The molecule has 1 aliphatic rings. The summed E-state index contributed by atoms with van der Waals surface area (Å²) in [4.78, 5) is 25.8. The second-order valence-corrected chi connectivity index (χ2v) is 7.17. The Kier molecular flexibility index (Phi) is 5.74. The third kappa shape index (κ3) is 4.41. The molecule has 2 unspecified atom stereocenters. The lowest BCUT2D eigenvalue weighted by molar-refractivity contribution is 0.0151. The predicted octanol–water partition coefficient (Wildman–Crippen LogP) is 3.39. The maximum Gasteiger partial charge on any atom is 0.410 e. The van der Waals surface area contributed by atoms with E-state index in [0.717, 1.165) is 0 Å². The maximum atomic E-state index is 12.2. The summed E-state index contributed by atoms with van der Waals surface area (Å²) in [6.07, 6.45) is 1.61. The number of piperidine rings is 1. The topological polar surface area (TPSA) is 81.9 Å². The highest BCUT2D eigenvalue weighted by Gasteiger charge is 2.35. The lowest BCUT2D eigenvalue weighted by atomic mass is 9.83. The molecular formula is C16H23ClN2O5. The van der Waals surface area contributed by atoms with Gasteiger partial charge in [-0.3, -0.25) is 0 Å². The zero-order chi connectivity index (χ0) is 17.9. The molecule has 8 heteroatoms. The zero-order valence-corrected chi connectivity index (χ0v) is 15.1. The van der Waals surface area contributed by atoms with Crippen LogP contribution >= 0.6 is 11.6 Å². The van der Waals surface area contributed by atoms with E-state index in [2.05, 4.69) is 5.16 Å². The van der Waals surface area contributed by atoms with Crippen molar-refractivity contribution in [2.45, 2.75) is 45.6 Å². The lowest BCUT2D eigenvalue weighted by Gasteiger charge is -2.37. The molecule has 24 heavy (non-hydrogen) atoms. The van der Waals surface area contributed by atoms with Gasteiger partial charge in [0.1, 0.15) is 23.1 Å². The molecule has 1 amide bonds. The van der Waals surface area contributed by atoms with E-state index >= 15 is 0 Å². The monoisotopic (exact) mass is 358 g/mol. The number of hydrogen-bond acceptors (Lipinski definition) is 6. The number of alkyl halides is 1. The van der Waals surface area contributed by atoms with Crippen molar-refractivity contribution in [2.75, 3.05) is 19.2 Å². The van der Waals surface area contributed by atoms with Crippen molar-refractivity contribution in [3.05, 3.63) is 17.5 Å². The number of nitrogens with zero attached hydrogens (tertiary/aromatic N) is 2. The van der Waals surface area contributed by atoms with Crippen LogP contribution in [0.4, 0.5) is 4.79 Å². The molecule has 1 aliphatic heterocycles. The largest absolute Gasteiger partial charge is 0.446 e. The fourth-order valence-corrected chi connectivity index (χ4v) is 2.94. The smallest absolute Gasteiger partial charge is 0.410 e. The molecular weight excluding hydrogens is 336 g/mol. The Labute approximate surface area is 146 Å². The minimum atomic E-state index is -0.553. The van der Waals surface area contributed by atoms with Crippen LogP contribution in [0.15, 0.2) is 10.8 Å². The van der Waals surface area contributed by atoms with Crippen LogP contribution in [0.2, 0.25) is 0 Å². The number of likely N-dealkylation sites (tertiary alicyclic amines) is 1. The van der Waals surface area contributed by atoms with Gasteiger partial charge < -0.3 is 18.9 Å². The quantitative estimate of drug-likeness (QED) is 0.608. The minimum absolute atomic E-state index is 0.000289. The number of rotatable bonds is 3. The number of esters is 1. The van der Waals surface area contributed by atoms with E-state index in [1.807, 2.05) is 27.7 Å². The molecule has 0 saturated carbocycles. The van der Waals surface area contributed by atoms with Crippen LogP contribution in [-0.2, 0) is 9.47 Å². The number of amides is 1. The van der Waals surface area contributed by atoms with Crippen molar-refractivity contribution < 1.29 is 23.6 Å². The summed E-state index contributed by atoms with van der Waals surface area (Å²) in [6.45, 7) is 8.57. The Morgan fingerprint density at radius 3 is 2.75 bits per heavy atom. The van der Waals surface area contributed by atoms with Crippen molar-refractivity contribution in [1.82, 2.24) is 10.1 Å². The van der Waals surface area contributed by atoms with Crippen molar-refractivity contribution >= 4 is 23.7 Å². The van der Waals surface area contributed by atoms with Gasteiger partial charge in [0, 0.05) is 19.0 Å². The molecule has 1 aromatic rings.